The van der Waals surface area contributed by atoms with Crippen molar-refractivity contribution < 1.29 is 28.9 Å². The Bertz CT molecular complexity index is 1510. The average Bonchev–Trinajstić information content (AvgIpc) is 3.00. The molecule has 3 heterocycles. The minimum atomic E-state index is -1.14. The van der Waals surface area contributed by atoms with Crippen LogP contribution in [0.3, 0.4) is 0 Å². The van der Waals surface area contributed by atoms with E-state index in [0.717, 1.165) is 34.4 Å². The molecule has 0 spiro atoms. The summed E-state index contributed by atoms with van der Waals surface area (Å²) < 4.78 is 17.6. The Morgan fingerprint density at radius 1 is 1.02 bits per heavy atom. The van der Waals surface area contributed by atoms with Crippen LogP contribution in [0.15, 0.2) is 60.7 Å². The Morgan fingerprint density at radius 2 is 1.68 bits per heavy atom. The van der Waals surface area contributed by atoms with Gasteiger partial charge in [-0.3, -0.25) is 9.59 Å². The summed E-state index contributed by atoms with van der Waals surface area (Å²) in [6.45, 7) is 7.95. The molecule has 6 rings (SSSR count). The maximum absolute atomic E-state index is 13.9. The van der Waals surface area contributed by atoms with Crippen LogP contribution in [0.5, 0.6) is 11.5 Å². The van der Waals surface area contributed by atoms with Gasteiger partial charge in [0.15, 0.2) is 11.5 Å². The van der Waals surface area contributed by atoms with Crippen LogP contribution >= 0.6 is 11.6 Å². The van der Waals surface area contributed by atoms with Gasteiger partial charge in [0.2, 0.25) is 12.3 Å². The number of aliphatic hydroxyl groups is 1. The number of nitrogens with zero attached hydrogens (tertiary/aromatic N) is 2. The smallest absolute Gasteiger partial charge is 0.232 e. The van der Waals surface area contributed by atoms with Crippen molar-refractivity contribution in [3.05, 3.63) is 87.9 Å². The molecule has 9 heteroatoms. The Morgan fingerprint density at radius 3 is 2.27 bits per heavy atom. The molecule has 0 aromatic heterocycles. The molecule has 44 heavy (non-hydrogen) atoms. The standard InChI is InChI=1S/C35H39ClN2O6/c1-21(2)44-31-15-29-23(13-30(31)42-4)14-32(40)38(34(29)22-5-9-27(36)10-6-22)28-11-7-26(8-12-28)35(3,41)33-24-16-37(20-39)17-25(33)19-43-18-24/h5-13,15,20-21,24-25,33-34,41H,14,16-19H2,1-4H3/t24?,25?,33?,34-,35?/m0/s1. The molecule has 2 fully saturated rings. The number of methoxy groups -OCH3 is 1. The number of fused-ring (bicyclic) bond motifs is 3. The van der Waals surface area contributed by atoms with E-state index in [2.05, 4.69) is 0 Å². The van der Waals surface area contributed by atoms with E-state index in [-0.39, 0.29) is 36.2 Å². The highest BCUT2D eigenvalue weighted by Gasteiger charge is 2.49. The molecule has 1 N–H and O–H groups in total. The SMILES string of the molecule is COc1cc2c(cc1OC(C)C)[C@H](c1ccc(Cl)cc1)N(c1ccc(C(C)(O)C3C4COCC3CN(C=O)C4)cc1)C(=O)C2. The van der Waals surface area contributed by atoms with Gasteiger partial charge in [0.1, 0.15) is 0 Å². The third-order valence-corrected chi connectivity index (χ3v) is 9.53. The molecule has 2 bridgehead atoms. The predicted molar refractivity (Wildman–Crippen MR) is 168 cm³/mol. The van der Waals surface area contributed by atoms with Crippen molar-refractivity contribution in [2.45, 2.75) is 44.9 Å². The van der Waals surface area contributed by atoms with Crippen molar-refractivity contribution in [3.8, 4) is 11.5 Å². The first-order valence-corrected chi connectivity index (χ1v) is 15.5. The van der Waals surface area contributed by atoms with Crippen LogP contribution in [-0.2, 0) is 26.3 Å². The number of carbonyl (C=O) groups is 2. The number of halogens is 1. The second-order valence-corrected chi connectivity index (χ2v) is 13.0. The van der Waals surface area contributed by atoms with Crippen molar-refractivity contribution in [1.29, 1.82) is 0 Å². The lowest BCUT2D eigenvalue weighted by Gasteiger charge is -2.51. The van der Waals surface area contributed by atoms with Gasteiger partial charge >= 0.3 is 0 Å². The summed E-state index contributed by atoms with van der Waals surface area (Å²) in [6, 6.07) is 18.7. The Balaban J connectivity index is 1.38. The van der Waals surface area contributed by atoms with E-state index in [4.69, 9.17) is 25.8 Å². The normalized spacial score (nSPS) is 24.5. The fraction of sp³-hybridized carbons (Fsp3) is 0.429. The molecule has 3 aliphatic rings. The van der Waals surface area contributed by atoms with Crippen molar-refractivity contribution >= 4 is 29.6 Å². The topological polar surface area (TPSA) is 88.5 Å². The number of hydrogen-bond acceptors (Lipinski definition) is 6. The summed E-state index contributed by atoms with van der Waals surface area (Å²) in [4.78, 5) is 29.1. The van der Waals surface area contributed by atoms with Gasteiger partial charge in [0.05, 0.1) is 44.5 Å². The van der Waals surface area contributed by atoms with Crippen LogP contribution in [-0.4, -0.2) is 61.8 Å². The molecule has 0 aliphatic carbocycles. The summed E-state index contributed by atoms with van der Waals surface area (Å²) >= 11 is 6.26. The number of ether oxygens (including phenoxy) is 3. The Hall–Kier alpha value is -3.59. The number of hydrogen-bond donors (Lipinski definition) is 1. The van der Waals surface area contributed by atoms with Gasteiger partial charge in [0, 0.05) is 41.6 Å². The van der Waals surface area contributed by atoms with E-state index in [1.807, 2.05) is 86.3 Å². The molecule has 3 aromatic rings. The highest BCUT2D eigenvalue weighted by molar-refractivity contribution is 6.30. The second kappa shape index (κ2) is 12.1. The number of piperidine rings is 1. The van der Waals surface area contributed by atoms with Crippen LogP contribution in [0.4, 0.5) is 5.69 Å². The zero-order valence-corrected chi connectivity index (χ0v) is 26.3. The van der Waals surface area contributed by atoms with Gasteiger partial charge in [-0.05, 0) is 79.4 Å². The van der Waals surface area contributed by atoms with E-state index in [9.17, 15) is 14.7 Å². The van der Waals surface area contributed by atoms with Crippen molar-refractivity contribution in [2.75, 3.05) is 38.3 Å². The fourth-order valence-electron chi connectivity index (χ4n) is 7.46. The number of rotatable bonds is 8. The van der Waals surface area contributed by atoms with E-state index in [1.54, 1.807) is 12.0 Å². The molecule has 2 saturated heterocycles. The van der Waals surface area contributed by atoms with Crippen molar-refractivity contribution in [1.82, 2.24) is 4.90 Å². The van der Waals surface area contributed by atoms with Crippen LogP contribution in [0.1, 0.15) is 49.1 Å². The molecule has 3 aliphatic heterocycles. The third kappa shape index (κ3) is 5.55. The van der Waals surface area contributed by atoms with E-state index < -0.39 is 11.6 Å². The summed E-state index contributed by atoms with van der Waals surface area (Å²) in [5, 5.41) is 12.6. The van der Waals surface area contributed by atoms with E-state index >= 15 is 0 Å². The minimum Gasteiger partial charge on any atom is -0.493 e. The highest BCUT2D eigenvalue weighted by Crippen LogP contribution is 2.47. The molecular weight excluding hydrogens is 580 g/mol. The number of benzene rings is 3. The highest BCUT2D eigenvalue weighted by atomic mass is 35.5. The summed E-state index contributed by atoms with van der Waals surface area (Å²) in [7, 11) is 1.60. The molecule has 3 unspecified atom stereocenters. The first kappa shape index (κ1) is 30.4. The van der Waals surface area contributed by atoms with Crippen molar-refractivity contribution in [3.63, 3.8) is 0 Å². The molecule has 0 saturated carbocycles. The maximum atomic E-state index is 13.9. The lowest BCUT2D eigenvalue weighted by Crippen LogP contribution is -2.58. The molecule has 2 amide bonds. The summed E-state index contributed by atoms with van der Waals surface area (Å²) in [5.41, 5.74) is 3.11. The number of carbonyl (C=O) groups excluding carboxylic acids is 2. The first-order chi connectivity index (χ1) is 21.1. The van der Waals surface area contributed by atoms with E-state index in [0.29, 0.717) is 42.8 Å². The monoisotopic (exact) mass is 618 g/mol. The second-order valence-electron chi connectivity index (χ2n) is 12.6. The number of anilines is 1. The third-order valence-electron chi connectivity index (χ3n) is 9.28. The van der Waals surface area contributed by atoms with Gasteiger partial charge in [-0.1, -0.05) is 35.9 Å². The van der Waals surface area contributed by atoms with Crippen LogP contribution < -0.4 is 14.4 Å². The maximum Gasteiger partial charge on any atom is 0.232 e. The lowest BCUT2D eigenvalue weighted by molar-refractivity contribution is -0.163. The van der Waals surface area contributed by atoms with Gasteiger partial charge in [-0.25, -0.2) is 0 Å². The molecule has 0 radical (unpaired) electrons. The van der Waals surface area contributed by atoms with E-state index in [1.165, 1.54) is 0 Å². The lowest BCUT2D eigenvalue weighted by atomic mass is 9.66. The molecule has 8 nitrogen and oxygen atoms in total. The van der Waals surface area contributed by atoms with Crippen LogP contribution in [0, 0.1) is 17.8 Å². The van der Waals surface area contributed by atoms with Crippen LogP contribution in [0.25, 0.3) is 0 Å². The van der Waals surface area contributed by atoms with Gasteiger partial charge in [-0.2, -0.15) is 0 Å². The van der Waals surface area contributed by atoms with Crippen molar-refractivity contribution in [2.24, 2.45) is 17.8 Å². The number of amides is 2. The quantitative estimate of drug-likeness (QED) is 0.342. The molecule has 3 aromatic carbocycles. The molecule has 4 atom stereocenters. The fourth-order valence-corrected chi connectivity index (χ4v) is 7.58. The minimum absolute atomic E-state index is 0.0380. The number of likely N-dealkylation sites (tertiary alicyclic amines) is 1. The zero-order chi connectivity index (χ0) is 31.2. The average molecular weight is 619 g/mol. The Labute approximate surface area is 263 Å². The van der Waals surface area contributed by atoms with Gasteiger partial charge < -0.3 is 29.1 Å². The van der Waals surface area contributed by atoms with Gasteiger partial charge in [0.25, 0.3) is 0 Å². The molecular formula is C35H39ClN2O6. The Kier molecular flexibility index (Phi) is 8.35. The first-order valence-electron chi connectivity index (χ1n) is 15.2. The summed E-state index contributed by atoms with van der Waals surface area (Å²) in [5.74, 6) is 1.18. The zero-order valence-electron chi connectivity index (χ0n) is 25.5. The largest absolute Gasteiger partial charge is 0.493 e. The van der Waals surface area contributed by atoms with Crippen LogP contribution in [0.2, 0.25) is 5.02 Å². The van der Waals surface area contributed by atoms with Gasteiger partial charge in [-0.15, -0.1) is 0 Å². The summed E-state index contributed by atoms with van der Waals surface area (Å²) in [6.07, 6.45) is 1.04. The molecule has 232 valence electrons. The predicted octanol–water partition coefficient (Wildman–Crippen LogP) is 5.37.